The number of nitrogens with zero attached hydrogens (tertiary/aromatic N) is 1. The number of carboxylic acid groups (broad SMARTS) is 1. The van der Waals surface area contributed by atoms with Gasteiger partial charge in [-0.05, 0) is 12.8 Å². The van der Waals surface area contributed by atoms with Crippen molar-refractivity contribution in [2.75, 3.05) is 32.8 Å². The maximum absolute atomic E-state index is 10.9. The molecular formula is C15H30NO4+. The van der Waals surface area contributed by atoms with Gasteiger partial charge in [0.25, 0.3) is 0 Å². The molecule has 5 nitrogen and oxygen atoms in total. The van der Waals surface area contributed by atoms with Gasteiger partial charge < -0.3 is 14.3 Å². The van der Waals surface area contributed by atoms with Crippen molar-refractivity contribution in [2.45, 2.75) is 52.9 Å². The van der Waals surface area contributed by atoms with E-state index < -0.39 is 5.97 Å². The number of esters is 1. The number of hydrogen-bond acceptors (Lipinski definition) is 3. The number of carbonyl (C=O) groups is 2. The zero-order chi connectivity index (χ0) is 15.4. The van der Waals surface area contributed by atoms with Crippen molar-refractivity contribution >= 4 is 11.9 Å². The Morgan fingerprint density at radius 2 is 1.55 bits per heavy atom. The Kier molecular flexibility index (Phi) is 10.1. The molecule has 0 radical (unpaired) electrons. The second-order valence-corrected chi connectivity index (χ2v) is 5.43. The molecule has 0 aliphatic rings. The molecule has 0 aromatic heterocycles. The average Bonchev–Trinajstić information content (AvgIpc) is 2.39. The van der Waals surface area contributed by atoms with E-state index in [2.05, 4.69) is 13.8 Å². The number of aliphatic carboxylic acids is 1. The van der Waals surface area contributed by atoms with Gasteiger partial charge in [0.1, 0.15) is 13.2 Å². The third kappa shape index (κ3) is 8.91. The summed E-state index contributed by atoms with van der Waals surface area (Å²) in [4.78, 5) is 21.8. The third-order valence-electron chi connectivity index (χ3n) is 3.64. The first-order valence-electron chi connectivity index (χ1n) is 7.66. The minimum Gasteiger partial charge on any atom is -0.481 e. The lowest BCUT2D eigenvalue weighted by Gasteiger charge is -2.38. The molecule has 1 N–H and O–H groups in total. The smallest absolute Gasteiger partial charge is 0.309 e. The van der Waals surface area contributed by atoms with Gasteiger partial charge in [-0.25, -0.2) is 0 Å². The van der Waals surface area contributed by atoms with Crippen molar-refractivity contribution in [3.05, 3.63) is 0 Å². The molecule has 0 aliphatic carbocycles. The maximum atomic E-state index is 10.9. The van der Waals surface area contributed by atoms with E-state index in [0.29, 0.717) is 19.7 Å². The van der Waals surface area contributed by atoms with E-state index in [1.54, 1.807) is 0 Å². The van der Waals surface area contributed by atoms with Crippen LogP contribution in [-0.4, -0.2) is 54.3 Å². The number of carbonyl (C=O) groups excluding carboxylic acids is 1. The molecule has 20 heavy (non-hydrogen) atoms. The number of quaternary nitrogens is 1. The van der Waals surface area contributed by atoms with Crippen LogP contribution in [0, 0.1) is 0 Å². The van der Waals surface area contributed by atoms with E-state index in [0.717, 1.165) is 43.3 Å². The van der Waals surface area contributed by atoms with Crippen LogP contribution in [0.15, 0.2) is 0 Å². The quantitative estimate of drug-likeness (QED) is 0.442. The summed E-state index contributed by atoms with van der Waals surface area (Å²) >= 11 is 0. The van der Waals surface area contributed by atoms with Crippen LogP contribution >= 0.6 is 0 Å². The van der Waals surface area contributed by atoms with Crippen molar-refractivity contribution in [1.82, 2.24) is 0 Å². The van der Waals surface area contributed by atoms with E-state index >= 15 is 0 Å². The summed E-state index contributed by atoms with van der Waals surface area (Å²) in [7, 11) is 0. The van der Waals surface area contributed by atoms with Crippen LogP contribution < -0.4 is 0 Å². The second kappa shape index (κ2) is 10.7. The van der Waals surface area contributed by atoms with Crippen molar-refractivity contribution in [2.24, 2.45) is 0 Å². The Balaban J connectivity index is 4.67. The van der Waals surface area contributed by atoms with Gasteiger partial charge in [-0.3, -0.25) is 9.59 Å². The predicted molar refractivity (Wildman–Crippen MR) is 78.4 cm³/mol. The van der Waals surface area contributed by atoms with Crippen molar-refractivity contribution in [3.8, 4) is 0 Å². The molecule has 0 heterocycles. The highest BCUT2D eigenvalue weighted by atomic mass is 16.5. The Labute approximate surface area is 122 Å². The summed E-state index contributed by atoms with van der Waals surface area (Å²) < 4.78 is 5.81. The minimum absolute atomic E-state index is 0.174. The standard InChI is InChI=1S/C15H29NO4/c1-4-6-9-16(10-7-5-2,11-8-15(18)19)12-13-20-14(3)17/h4-13H2,1-3H3/p+1. The molecule has 0 aliphatic heterocycles. The van der Waals surface area contributed by atoms with Gasteiger partial charge in [-0.15, -0.1) is 0 Å². The fraction of sp³-hybridized carbons (Fsp3) is 0.867. The lowest BCUT2D eigenvalue weighted by atomic mass is 10.2. The number of ether oxygens (including phenoxy) is 1. The van der Waals surface area contributed by atoms with Crippen LogP contribution in [-0.2, 0) is 14.3 Å². The molecule has 0 atom stereocenters. The van der Waals surface area contributed by atoms with E-state index in [1.165, 1.54) is 6.92 Å². The van der Waals surface area contributed by atoms with Gasteiger partial charge in [0.2, 0.25) is 0 Å². The van der Waals surface area contributed by atoms with Crippen LogP contribution in [0.4, 0.5) is 0 Å². The van der Waals surface area contributed by atoms with Crippen LogP contribution in [0.2, 0.25) is 0 Å². The van der Waals surface area contributed by atoms with Crippen LogP contribution in [0.1, 0.15) is 52.9 Å². The highest BCUT2D eigenvalue weighted by Gasteiger charge is 2.27. The zero-order valence-electron chi connectivity index (χ0n) is 13.2. The van der Waals surface area contributed by atoms with Crippen LogP contribution in [0.25, 0.3) is 0 Å². The zero-order valence-corrected chi connectivity index (χ0v) is 13.2. The summed E-state index contributed by atoms with van der Waals surface area (Å²) in [5, 5.41) is 8.95. The van der Waals surface area contributed by atoms with Gasteiger partial charge in [0.05, 0.1) is 26.1 Å². The van der Waals surface area contributed by atoms with Crippen molar-refractivity contribution < 1.29 is 23.9 Å². The molecule has 0 bridgehead atoms. The Morgan fingerprint density at radius 3 is 1.95 bits per heavy atom. The van der Waals surface area contributed by atoms with Crippen molar-refractivity contribution in [3.63, 3.8) is 0 Å². The monoisotopic (exact) mass is 288 g/mol. The molecule has 0 aromatic carbocycles. The predicted octanol–water partition coefficient (Wildman–Crippen LogP) is 2.44. The third-order valence-corrected chi connectivity index (χ3v) is 3.64. The van der Waals surface area contributed by atoms with Gasteiger partial charge in [0.15, 0.2) is 0 Å². The first-order valence-corrected chi connectivity index (χ1v) is 7.66. The number of hydrogen-bond donors (Lipinski definition) is 1. The number of unbranched alkanes of at least 4 members (excludes halogenated alkanes) is 2. The fourth-order valence-electron chi connectivity index (χ4n) is 2.37. The van der Waals surface area contributed by atoms with Gasteiger partial charge in [0, 0.05) is 6.92 Å². The summed E-state index contributed by atoms with van der Waals surface area (Å²) in [5.41, 5.74) is 0. The molecule has 118 valence electrons. The highest BCUT2D eigenvalue weighted by Crippen LogP contribution is 2.14. The summed E-state index contributed by atoms with van der Waals surface area (Å²) in [5.74, 6) is -1.03. The van der Waals surface area contributed by atoms with Crippen LogP contribution in [0.5, 0.6) is 0 Å². The lowest BCUT2D eigenvalue weighted by molar-refractivity contribution is -0.928. The Bertz CT molecular complexity index is 284. The second-order valence-electron chi connectivity index (χ2n) is 5.43. The lowest BCUT2D eigenvalue weighted by Crippen LogP contribution is -2.52. The molecule has 0 saturated carbocycles. The summed E-state index contributed by atoms with van der Waals surface area (Å²) in [6, 6.07) is 0. The molecular weight excluding hydrogens is 258 g/mol. The largest absolute Gasteiger partial charge is 0.481 e. The molecule has 0 rings (SSSR count). The van der Waals surface area contributed by atoms with Crippen molar-refractivity contribution in [1.29, 1.82) is 0 Å². The first-order chi connectivity index (χ1) is 9.45. The van der Waals surface area contributed by atoms with E-state index in [4.69, 9.17) is 9.84 Å². The highest BCUT2D eigenvalue weighted by molar-refractivity contribution is 5.66. The normalized spacial score (nSPS) is 11.3. The van der Waals surface area contributed by atoms with E-state index in [-0.39, 0.29) is 12.4 Å². The van der Waals surface area contributed by atoms with Crippen LogP contribution in [0.3, 0.4) is 0 Å². The molecule has 0 spiro atoms. The topological polar surface area (TPSA) is 63.6 Å². The molecule has 5 heteroatoms. The van der Waals surface area contributed by atoms with E-state index in [9.17, 15) is 9.59 Å². The number of rotatable bonds is 12. The average molecular weight is 288 g/mol. The van der Waals surface area contributed by atoms with Gasteiger partial charge in [-0.2, -0.15) is 0 Å². The fourth-order valence-corrected chi connectivity index (χ4v) is 2.37. The Hall–Kier alpha value is -1.10. The van der Waals surface area contributed by atoms with Gasteiger partial charge in [-0.1, -0.05) is 26.7 Å². The summed E-state index contributed by atoms with van der Waals surface area (Å²) in [6.07, 6.45) is 4.50. The molecule has 0 saturated heterocycles. The molecule has 0 fully saturated rings. The first kappa shape index (κ1) is 18.9. The molecule has 0 amide bonds. The summed E-state index contributed by atoms with van der Waals surface area (Å²) in [6.45, 7) is 9.32. The minimum atomic E-state index is -0.756. The number of carboxylic acids is 1. The van der Waals surface area contributed by atoms with Gasteiger partial charge >= 0.3 is 11.9 Å². The maximum Gasteiger partial charge on any atom is 0.309 e. The Morgan fingerprint density at radius 1 is 1.00 bits per heavy atom. The molecule has 0 aromatic rings. The SMILES string of the molecule is CCCC[N+](CCCC)(CCOC(C)=O)CCC(=O)O. The van der Waals surface area contributed by atoms with E-state index in [1.807, 2.05) is 0 Å². The molecule has 0 unspecified atom stereocenters.